The zero-order valence-electron chi connectivity index (χ0n) is 9.66. The van der Waals surface area contributed by atoms with E-state index in [2.05, 4.69) is 10.3 Å². The molecule has 0 fully saturated rings. The molecular formula is C12H10N4O2. The molecular weight excluding hydrogens is 232 g/mol. The lowest BCUT2D eigenvalue weighted by Crippen LogP contribution is -2.04. The number of nitriles is 1. The number of hydrogen-bond acceptors (Lipinski definition) is 4. The van der Waals surface area contributed by atoms with Crippen LogP contribution in [0.4, 0.5) is 0 Å². The average Bonchev–Trinajstić information content (AvgIpc) is 2.75. The van der Waals surface area contributed by atoms with Crippen molar-refractivity contribution >= 4 is 5.97 Å². The number of hydrogen-bond donors (Lipinski definition) is 1. The maximum absolute atomic E-state index is 11.1. The maximum Gasteiger partial charge on any atom is 0.358 e. The normalized spacial score (nSPS) is 10.0. The van der Waals surface area contributed by atoms with Crippen LogP contribution in [0.2, 0.25) is 0 Å². The highest BCUT2D eigenvalue weighted by atomic mass is 16.4. The van der Waals surface area contributed by atoms with Crippen molar-refractivity contribution < 1.29 is 9.90 Å². The van der Waals surface area contributed by atoms with Gasteiger partial charge < -0.3 is 5.11 Å². The van der Waals surface area contributed by atoms with E-state index in [0.29, 0.717) is 11.3 Å². The van der Waals surface area contributed by atoms with Gasteiger partial charge in [-0.15, -0.1) is 5.10 Å². The Labute approximate surface area is 103 Å². The van der Waals surface area contributed by atoms with Crippen LogP contribution in [0.5, 0.6) is 0 Å². The molecule has 0 aliphatic heterocycles. The van der Waals surface area contributed by atoms with Crippen LogP contribution in [-0.2, 0) is 6.54 Å². The number of aryl methyl sites for hydroxylation is 1. The maximum atomic E-state index is 11.1. The van der Waals surface area contributed by atoms with E-state index < -0.39 is 5.97 Å². The number of carbonyl (C=O) groups is 1. The van der Waals surface area contributed by atoms with Gasteiger partial charge in [-0.1, -0.05) is 35.0 Å². The number of aromatic carboxylic acids is 1. The minimum absolute atomic E-state index is 0.0382. The summed E-state index contributed by atoms with van der Waals surface area (Å²) in [5.74, 6) is -1.16. The number of aromatic nitrogens is 3. The summed E-state index contributed by atoms with van der Waals surface area (Å²) < 4.78 is 1.29. The van der Waals surface area contributed by atoms with Crippen LogP contribution in [-0.4, -0.2) is 26.1 Å². The Hall–Kier alpha value is -2.68. The van der Waals surface area contributed by atoms with Crippen molar-refractivity contribution in [2.45, 2.75) is 13.5 Å². The number of benzene rings is 1. The van der Waals surface area contributed by atoms with Gasteiger partial charge in [0.05, 0.1) is 6.07 Å². The molecule has 6 nitrogen and oxygen atoms in total. The van der Waals surface area contributed by atoms with E-state index in [4.69, 9.17) is 10.4 Å². The molecule has 0 saturated carbocycles. The Morgan fingerprint density at radius 3 is 2.67 bits per heavy atom. The summed E-state index contributed by atoms with van der Waals surface area (Å²) in [6.45, 7) is 1.90. The molecule has 0 radical (unpaired) electrons. The fraction of sp³-hybridized carbons (Fsp3) is 0.167. The van der Waals surface area contributed by atoms with E-state index in [1.54, 1.807) is 12.1 Å². The lowest BCUT2D eigenvalue weighted by Gasteiger charge is -2.04. The molecule has 0 saturated heterocycles. The summed E-state index contributed by atoms with van der Waals surface area (Å²) in [5, 5.41) is 25.0. The van der Waals surface area contributed by atoms with Crippen LogP contribution in [0.25, 0.3) is 11.3 Å². The molecule has 90 valence electrons. The van der Waals surface area contributed by atoms with E-state index in [1.807, 2.05) is 25.1 Å². The second kappa shape index (κ2) is 4.67. The lowest BCUT2D eigenvalue weighted by atomic mass is 10.1. The third kappa shape index (κ3) is 2.06. The first-order chi connectivity index (χ1) is 8.63. The molecule has 1 N–H and O–H groups in total. The van der Waals surface area contributed by atoms with E-state index in [0.717, 1.165) is 5.56 Å². The highest BCUT2D eigenvalue weighted by Crippen LogP contribution is 2.22. The van der Waals surface area contributed by atoms with Crippen LogP contribution in [0, 0.1) is 18.3 Å². The van der Waals surface area contributed by atoms with Crippen LogP contribution >= 0.6 is 0 Å². The Morgan fingerprint density at radius 1 is 1.44 bits per heavy atom. The van der Waals surface area contributed by atoms with Crippen molar-refractivity contribution in [3.05, 3.63) is 35.5 Å². The molecule has 0 bridgehead atoms. The fourth-order valence-corrected chi connectivity index (χ4v) is 1.63. The molecule has 0 unspecified atom stereocenters. The van der Waals surface area contributed by atoms with Crippen LogP contribution in [0.3, 0.4) is 0 Å². The summed E-state index contributed by atoms with van der Waals surface area (Å²) in [6, 6.07) is 9.23. The zero-order chi connectivity index (χ0) is 13.1. The quantitative estimate of drug-likeness (QED) is 0.879. The SMILES string of the molecule is Cc1ccc(-c2c(C(=O)O)nnn2CC#N)cc1. The molecule has 0 atom stereocenters. The molecule has 18 heavy (non-hydrogen) atoms. The largest absolute Gasteiger partial charge is 0.476 e. The minimum Gasteiger partial charge on any atom is -0.476 e. The van der Waals surface area contributed by atoms with Crippen molar-refractivity contribution in [2.75, 3.05) is 0 Å². The molecule has 6 heteroatoms. The first-order valence-corrected chi connectivity index (χ1v) is 5.24. The predicted octanol–water partition coefficient (Wildman–Crippen LogP) is 1.48. The first-order valence-electron chi connectivity index (χ1n) is 5.24. The molecule has 1 aromatic carbocycles. The van der Waals surface area contributed by atoms with Crippen molar-refractivity contribution in [3.8, 4) is 17.3 Å². The molecule has 2 rings (SSSR count). The number of nitrogens with zero attached hydrogens (tertiary/aromatic N) is 4. The van der Waals surface area contributed by atoms with Gasteiger partial charge in [-0.05, 0) is 6.92 Å². The zero-order valence-corrected chi connectivity index (χ0v) is 9.66. The molecule has 2 aromatic rings. The average molecular weight is 242 g/mol. The van der Waals surface area contributed by atoms with Gasteiger partial charge in [0, 0.05) is 5.56 Å². The van der Waals surface area contributed by atoms with Crippen molar-refractivity contribution in [2.24, 2.45) is 0 Å². The number of rotatable bonds is 3. The van der Waals surface area contributed by atoms with Gasteiger partial charge in [0.15, 0.2) is 5.69 Å². The van der Waals surface area contributed by atoms with Gasteiger partial charge >= 0.3 is 5.97 Å². The first kappa shape index (κ1) is 11.8. The van der Waals surface area contributed by atoms with E-state index in [-0.39, 0.29) is 12.2 Å². The molecule has 0 aliphatic rings. The molecule has 0 amide bonds. The second-order valence-corrected chi connectivity index (χ2v) is 3.77. The van der Waals surface area contributed by atoms with Crippen LogP contribution in [0.1, 0.15) is 16.1 Å². The third-order valence-electron chi connectivity index (χ3n) is 2.48. The molecule has 1 heterocycles. The highest BCUT2D eigenvalue weighted by molar-refractivity contribution is 5.92. The van der Waals surface area contributed by atoms with Gasteiger partial charge in [0.25, 0.3) is 0 Å². The predicted molar refractivity (Wildman–Crippen MR) is 62.8 cm³/mol. The molecule has 1 aromatic heterocycles. The smallest absolute Gasteiger partial charge is 0.358 e. The van der Waals surface area contributed by atoms with Crippen molar-refractivity contribution in [1.82, 2.24) is 15.0 Å². The van der Waals surface area contributed by atoms with Crippen molar-refractivity contribution in [3.63, 3.8) is 0 Å². The summed E-state index contributed by atoms with van der Waals surface area (Å²) in [5.41, 5.74) is 1.95. The second-order valence-electron chi connectivity index (χ2n) is 3.77. The summed E-state index contributed by atoms with van der Waals surface area (Å²) in [7, 11) is 0. The van der Waals surface area contributed by atoms with Gasteiger partial charge in [-0.3, -0.25) is 0 Å². The van der Waals surface area contributed by atoms with Gasteiger partial charge in [0.1, 0.15) is 12.2 Å². The summed E-state index contributed by atoms with van der Waals surface area (Å²) in [4.78, 5) is 11.1. The van der Waals surface area contributed by atoms with E-state index in [1.165, 1.54) is 4.68 Å². The highest BCUT2D eigenvalue weighted by Gasteiger charge is 2.20. The van der Waals surface area contributed by atoms with Gasteiger partial charge in [-0.2, -0.15) is 5.26 Å². The summed E-state index contributed by atoms with van der Waals surface area (Å²) in [6.07, 6.45) is 0. The Bertz CT molecular complexity index is 623. The Kier molecular flexibility index (Phi) is 3.06. The van der Waals surface area contributed by atoms with E-state index in [9.17, 15) is 4.79 Å². The van der Waals surface area contributed by atoms with Crippen molar-refractivity contribution in [1.29, 1.82) is 5.26 Å². The Balaban J connectivity index is 2.59. The fourth-order valence-electron chi connectivity index (χ4n) is 1.63. The van der Waals surface area contributed by atoms with Crippen LogP contribution in [0.15, 0.2) is 24.3 Å². The number of carboxylic acids is 1. The number of carboxylic acid groups (broad SMARTS) is 1. The topological polar surface area (TPSA) is 91.8 Å². The standard InChI is InChI=1S/C12H10N4O2/c1-8-2-4-9(5-3-8)11-10(12(17)18)14-15-16(11)7-6-13/h2-5H,7H2,1H3,(H,17,18). The monoisotopic (exact) mass is 242 g/mol. The summed E-state index contributed by atoms with van der Waals surface area (Å²) >= 11 is 0. The van der Waals surface area contributed by atoms with Crippen LogP contribution < -0.4 is 0 Å². The van der Waals surface area contributed by atoms with Gasteiger partial charge in [-0.25, -0.2) is 9.48 Å². The molecule has 0 spiro atoms. The third-order valence-corrected chi connectivity index (χ3v) is 2.48. The molecule has 0 aliphatic carbocycles. The Morgan fingerprint density at radius 2 is 2.11 bits per heavy atom. The van der Waals surface area contributed by atoms with E-state index >= 15 is 0 Å². The lowest BCUT2D eigenvalue weighted by molar-refractivity contribution is 0.0691. The minimum atomic E-state index is -1.16. The van der Waals surface area contributed by atoms with Gasteiger partial charge in [0.2, 0.25) is 0 Å².